The molecule has 0 bridgehead atoms. The van der Waals surface area contributed by atoms with Crippen molar-refractivity contribution in [3.8, 4) is 5.75 Å². The summed E-state index contributed by atoms with van der Waals surface area (Å²) in [4.78, 5) is 12.4. The van der Waals surface area contributed by atoms with E-state index >= 15 is 0 Å². The number of benzene rings is 2. The van der Waals surface area contributed by atoms with Crippen molar-refractivity contribution >= 4 is 24.0 Å². The number of carbonyl (C=O) groups excluding carboxylic acids is 1. The summed E-state index contributed by atoms with van der Waals surface area (Å²) in [5, 5.41) is 2.95. The molecule has 1 fully saturated rings. The minimum Gasteiger partial charge on any atom is -0.489 e. The Bertz CT molecular complexity index is 681. The highest BCUT2D eigenvalue weighted by Crippen LogP contribution is 2.23. The standard InChI is InChI=1S/C19H22N2O3.ClH/c20-12-16-10-11-18(24-16)19(22)21-17-9-5-4-6-14(17)13-23-15-7-2-1-3-8-15;/h1-9,16,18H,10-13,20H2,(H,21,22);1H/t16-,18+;/m1./s1. The van der Waals surface area contributed by atoms with E-state index in [1.54, 1.807) is 0 Å². The number of halogens is 1. The zero-order valence-corrected chi connectivity index (χ0v) is 14.7. The van der Waals surface area contributed by atoms with Gasteiger partial charge in [-0.1, -0.05) is 36.4 Å². The number of hydrogen-bond donors (Lipinski definition) is 2. The quantitative estimate of drug-likeness (QED) is 0.828. The maximum Gasteiger partial charge on any atom is 0.253 e. The summed E-state index contributed by atoms with van der Waals surface area (Å²) in [6.45, 7) is 0.836. The summed E-state index contributed by atoms with van der Waals surface area (Å²) in [7, 11) is 0. The zero-order valence-electron chi connectivity index (χ0n) is 13.9. The number of nitrogens with two attached hydrogens (primary N) is 1. The van der Waals surface area contributed by atoms with Gasteiger partial charge in [-0.15, -0.1) is 12.4 Å². The molecule has 25 heavy (non-hydrogen) atoms. The van der Waals surface area contributed by atoms with Crippen molar-refractivity contribution in [1.82, 2.24) is 0 Å². The van der Waals surface area contributed by atoms with Crippen LogP contribution in [0.15, 0.2) is 54.6 Å². The summed E-state index contributed by atoms with van der Waals surface area (Å²) in [5.41, 5.74) is 7.26. The molecular weight excluding hydrogens is 340 g/mol. The van der Waals surface area contributed by atoms with E-state index in [0.717, 1.165) is 23.4 Å². The summed E-state index contributed by atoms with van der Waals surface area (Å²) in [6, 6.07) is 17.2. The highest BCUT2D eigenvalue weighted by atomic mass is 35.5. The maximum atomic E-state index is 12.4. The Hall–Kier alpha value is -2.08. The highest BCUT2D eigenvalue weighted by molar-refractivity contribution is 5.95. The van der Waals surface area contributed by atoms with Crippen molar-refractivity contribution in [3.05, 3.63) is 60.2 Å². The molecule has 2 atom stereocenters. The van der Waals surface area contributed by atoms with Gasteiger partial charge < -0.3 is 20.5 Å². The molecule has 1 aliphatic rings. The second-order valence-corrected chi connectivity index (χ2v) is 5.81. The Kier molecular flexibility index (Phi) is 7.25. The zero-order chi connectivity index (χ0) is 16.8. The topological polar surface area (TPSA) is 73.6 Å². The summed E-state index contributed by atoms with van der Waals surface area (Å²) >= 11 is 0. The lowest BCUT2D eigenvalue weighted by Crippen LogP contribution is -2.30. The lowest BCUT2D eigenvalue weighted by Gasteiger charge is -2.15. The van der Waals surface area contributed by atoms with Crippen LogP contribution in [0.25, 0.3) is 0 Å². The Labute approximate surface area is 153 Å². The molecule has 6 heteroatoms. The number of carbonyl (C=O) groups is 1. The number of anilines is 1. The molecular formula is C19H23ClN2O3. The number of para-hydroxylation sites is 2. The highest BCUT2D eigenvalue weighted by Gasteiger charge is 2.30. The minimum atomic E-state index is -0.429. The average Bonchev–Trinajstić information content (AvgIpc) is 3.11. The van der Waals surface area contributed by atoms with Crippen LogP contribution in [0.2, 0.25) is 0 Å². The normalized spacial score (nSPS) is 19.1. The first-order chi connectivity index (χ1) is 11.8. The van der Waals surface area contributed by atoms with Gasteiger partial charge in [0.15, 0.2) is 0 Å². The molecule has 0 radical (unpaired) electrons. The summed E-state index contributed by atoms with van der Waals surface area (Å²) in [6.07, 6.45) is 1.09. The van der Waals surface area contributed by atoms with Gasteiger partial charge in [0.05, 0.1) is 6.10 Å². The SMILES string of the molecule is Cl.NC[C@H]1CC[C@@H](C(=O)Nc2ccccc2COc2ccccc2)O1. The average molecular weight is 363 g/mol. The lowest BCUT2D eigenvalue weighted by molar-refractivity contribution is -0.126. The van der Waals surface area contributed by atoms with Crippen LogP contribution in [0.4, 0.5) is 5.69 Å². The lowest BCUT2D eigenvalue weighted by atomic mass is 10.1. The van der Waals surface area contributed by atoms with Crippen LogP contribution in [-0.4, -0.2) is 24.7 Å². The van der Waals surface area contributed by atoms with E-state index in [9.17, 15) is 4.79 Å². The van der Waals surface area contributed by atoms with Gasteiger partial charge in [-0.2, -0.15) is 0 Å². The van der Waals surface area contributed by atoms with Crippen LogP contribution in [0, 0.1) is 0 Å². The van der Waals surface area contributed by atoms with E-state index in [1.165, 1.54) is 0 Å². The fourth-order valence-electron chi connectivity index (χ4n) is 2.73. The number of rotatable bonds is 6. The first kappa shape index (κ1) is 19.2. The molecule has 0 saturated carbocycles. The van der Waals surface area contributed by atoms with E-state index in [0.29, 0.717) is 19.6 Å². The van der Waals surface area contributed by atoms with E-state index in [-0.39, 0.29) is 24.4 Å². The largest absolute Gasteiger partial charge is 0.489 e. The molecule has 134 valence electrons. The first-order valence-corrected chi connectivity index (χ1v) is 8.18. The maximum absolute atomic E-state index is 12.4. The number of nitrogens with one attached hydrogen (secondary N) is 1. The fraction of sp³-hybridized carbons (Fsp3) is 0.316. The molecule has 0 unspecified atom stereocenters. The summed E-state index contributed by atoms with van der Waals surface area (Å²) in [5.74, 6) is 0.668. The monoisotopic (exact) mass is 362 g/mol. The van der Waals surface area contributed by atoms with Gasteiger partial charge in [-0.05, 0) is 31.0 Å². The van der Waals surface area contributed by atoms with E-state index in [1.807, 2.05) is 54.6 Å². The number of ether oxygens (including phenoxy) is 2. The summed E-state index contributed by atoms with van der Waals surface area (Å²) < 4.78 is 11.4. The van der Waals surface area contributed by atoms with Crippen molar-refractivity contribution in [2.24, 2.45) is 5.73 Å². The molecule has 1 amide bonds. The smallest absolute Gasteiger partial charge is 0.253 e. The molecule has 1 aliphatic heterocycles. The van der Waals surface area contributed by atoms with Crippen molar-refractivity contribution in [3.63, 3.8) is 0 Å². The second-order valence-electron chi connectivity index (χ2n) is 5.81. The van der Waals surface area contributed by atoms with Crippen LogP contribution >= 0.6 is 12.4 Å². The Morgan fingerprint density at radius 2 is 1.84 bits per heavy atom. The van der Waals surface area contributed by atoms with E-state index in [4.69, 9.17) is 15.2 Å². The van der Waals surface area contributed by atoms with Gasteiger partial charge in [-0.25, -0.2) is 0 Å². The van der Waals surface area contributed by atoms with Crippen molar-refractivity contribution < 1.29 is 14.3 Å². The first-order valence-electron chi connectivity index (χ1n) is 8.18. The Morgan fingerprint density at radius 3 is 2.56 bits per heavy atom. The number of amides is 1. The Morgan fingerprint density at radius 1 is 1.12 bits per heavy atom. The fourth-order valence-corrected chi connectivity index (χ4v) is 2.73. The molecule has 0 aromatic heterocycles. The van der Waals surface area contributed by atoms with Gasteiger partial charge in [0.2, 0.25) is 0 Å². The van der Waals surface area contributed by atoms with E-state index < -0.39 is 6.10 Å². The molecule has 2 aromatic carbocycles. The third kappa shape index (κ3) is 5.19. The van der Waals surface area contributed by atoms with Crippen molar-refractivity contribution in [2.75, 3.05) is 11.9 Å². The van der Waals surface area contributed by atoms with Gasteiger partial charge in [0.1, 0.15) is 18.5 Å². The molecule has 2 aromatic rings. The third-order valence-corrected chi connectivity index (χ3v) is 4.08. The van der Waals surface area contributed by atoms with Crippen LogP contribution in [0.3, 0.4) is 0 Å². The molecule has 0 spiro atoms. The molecule has 0 aliphatic carbocycles. The predicted octanol–water partition coefficient (Wildman–Crippen LogP) is 3.13. The van der Waals surface area contributed by atoms with Gasteiger partial charge in [-0.3, -0.25) is 4.79 Å². The van der Waals surface area contributed by atoms with Gasteiger partial charge >= 0.3 is 0 Å². The minimum absolute atomic E-state index is 0. The van der Waals surface area contributed by atoms with Crippen LogP contribution in [-0.2, 0) is 16.1 Å². The van der Waals surface area contributed by atoms with Crippen LogP contribution in [0.5, 0.6) is 5.75 Å². The second kappa shape index (κ2) is 9.42. The molecule has 5 nitrogen and oxygen atoms in total. The number of hydrogen-bond acceptors (Lipinski definition) is 4. The van der Waals surface area contributed by atoms with E-state index in [2.05, 4.69) is 5.32 Å². The van der Waals surface area contributed by atoms with Crippen LogP contribution in [0.1, 0.15) is 18.4 Å². The molecule has 1 saturated heterocycles. The third-order valence-electron chi connectivity index (χ3n) is 4.08. The van der Waals surface area contributed by atoms with Gasteiger partial charge in [0, 0.05) is 17.8 Å². The van der Waals surface area contributed by atoms with Crippen LogP contribution < -0.4 is 15.8 Å². The van der Waals surface area contributed by atoms with Crippen molar-refractivity contribution in [1.29, 1.82) is 0 Å². The predicted molar refractivity (Wildman–Crippen MR) is 100 cm³/mol. The molecule has 3 rings (SSSR count). The van der Waals surface area contributed by atoms with Gasteiger partial charge in [0.25, 0.3) is 5.91 Å². The molecule has 3 N–H and O–H groups in total. The Balaban J connectivity index is 0.00000225. The van der Waals surface area contributed by atoms with Crippen molar-refractivity contribution in [2.45, 2.75) is 31.7 Å². The molecule has 1 heterocycles.